The number of hydrogen-bond donors (Lipinski definition) is 3. The van der Waals surface area contributed by atoms with Gasteiger partial charge in [-0.3, -0.25) is 4.79 Å². The molecule has 0 saturated carbocycles. The van der Waals surface area contributed by atoms with E-state index in [1.807, 2.05) is 0 Å². The number of nitrogens with zero attached hydrogens (tertiary/aromatic N) is 4. The van der Waals surface area contributed by atoms with Crippen LogP contribution in [-0.2, 0) is 16.0 Å². The Morgan fingerprint density at radius 2 is 1.96 bits per heavy atom. The van der Waals surface area contributed by atoms with Crippen molar-refractivity contribution < 1.29 is 14.6 Å². The van der Waals surface area contributed by atoms with Crippen molar-refractivity contribution in [2.75, 3.05) is 62.4 Å². The molecule has 3 heterocycles. The number of likely N-dealkylation sites (N-methyl/N-ethyl adjacent to an activating group) is 1. The number of nitrogen functional groups attached to an aromatic ring is 1. The van der Waals surface area contributed by atoms with E-state index in [2.05, 4.69) is 32.1 Å². The quantitative estimate of drug-likeness (QED) is 0.676. The Morgan fingerprint density at radius 3 is 2.60 bits per heavy atom. The Balaban J connectivity index is 1.90. The van der Waals surface area contributed by atoms with E-state index in [-0.39, 0.29) is 18.4 Å². The summed E-state index contributed by atoms with van der Waals surface area (Å²) in [5.74, 6) is 0.435. The lowest BCUT2D eigenvalue weighted by Crippen LogP contribution is -2.45. The molecule has 0 aromatic carbocycles. The van der Waals surface area contributed by atoms with Crippen molar-refractivity contribution in [2.45, 2.75) is 25.3 Å². The van der Waals surface area contributed by atoms with Crippen LogP contribution in [0.2, 0.25) is 0 Å². The molecule has 0 unspecified atom stereocenters. The van der Waals surface area contributed by atoms with Gasteiger partial charge in [-0.1, -0.05) is 0 Å². The second-order valence-corrected chi connectivity index (χ2v) is 6.62. The number of ether oxygens (including phenoxy) is 1. The lowest BCUT2D eigenvalue weighted by atomic mass is 10.1. The van der Waals surface area contributed by atoms with Gasteiger partial charge in [0.2, 0.25) is 5.95 Å². The standard InChI is InChI=1S/C16H26N6O3/c1-21-4-6-22(7-5-21)15-12(10-13(23)24)14(19-16(17)20-15)18-11-2-8-25-9-3-11/h11H,2-10H2,1H3,(H,23,24)(H3,17,18,19,20). The molecular formula is C16H26N6O3. The molecule has 2 saturated heterocycles. The highest BCUT2D eigenvalue weighted by Gasteiger charge is 2.25. The smallest absolute Gasteiger partial charge is 0.308 e. The Bertz CT molecular complexity index is 612. The van der Waals surface area contributed by atoms with Gasteiger partial charge in [-0.15, -0.1) is 0 Å². The third kappa shape index (κ3) is 4.49. The van der Waals surface area contributed by atoms with Crippen molar-refractivity contribution in [3.63, 3.8) is 0 Å². The molecule has 2 aliphatic rings. The summed E-state index contributed by atoms with van der Waals surface area (Å²) in [6, 6.07) is 0.205. The van der Waals surface area contributed by atoms with Gasteiger partial charge >= 0.3 is 5.97 Å². The molecule has 1 aromatic heterocycles. The molecule has 0 spiro atoms. The summed E-state index contributed by atoms with van der Waals surface area (Å²) >= 11 is 0. The largest absolute Gasteiger partial charge is 0.481 e. The molecule has 1 aromatic rings. The van der Waals surface area contributed by atoms with Crippen molar-refractivity contribution in [1.29, 1.82) is 0 Å². The Morgan fingerprint density at radius 1 is 1.28 bits per heavy atom. The molecule has 0 amide bonds. The number of hydrogen-bond acceptors (Lipinski definition) is 8. The molecule has 138 valence electrons. The molecule has 0 aliphatic carbocycles. The molecule has 0 atom stereocenters. The monoisotopic (exact) mass is 350 g/mol. The molecule has 9 heteroatoms. The van der Waals surface area contributed by atoms with Crippen LogP contribution in [-0.4, -0.2) is 78.4 Å². The summed E-state index contributed by atoms with van der Waals surface area (Å²) in [6.07, 6.45) is 1.59. The van der Waals surface area contributed by atoms with E-state index in [4.69, 9.17) is 10.5 Å². The average Bonchev–Trinajstić information content (AvgIpc) is 2.58. The van der Waals surface area contributed by atoms with Crippen LogP contribution < -0.4 is 16.0 Å². The maximum absolute atomic E-state index is 11.4. The van der Waals surface area contributed by atoms with Crippen molar-refractivity contribution in [3.8, 4) is 0 Å². The number of carboxylic acid groups (broad SMARTS) is 1. The van der Waals surface area contributed by atoms with Gasteiger partial charge in [-0.25, -0.2) is 0 Å². The van der Waals surface area contributed by atoms with E-state index in [0.29, 0.717) is 30.4 Å². The molecule has 0 radical (unpaired) electrons. The van der Waals surface area contributed by atoms with Gasteiger partial charge in [-0.05, 0) is 19.9 Å². The second kappa shape index (κ2) is 7.83. The third-order valence-corrected chi connectivity index (χ3v) is 4.70. The lowest BCUT2D eigenvalue weighted by Gasteiger charge is -2.35. The van der Waals surface area contributed by atoms with E-state index in [0.717, 1.165) is 39.0 Å². The zero-order valence-electron chi connectivity index (χ0n) is 14.6. The van der Waals surface area contributed by atoms with Crippen LogP contribution in [0, 0.1) is 0 Å². The predicted molar refractivity (Wildman–Crippen MR) is 95.0 cm³/mol. The van der Waals surface area contributed by atoms with Gasteiger partial charge in [0.1, 0.15) is 11.6 Å². The molecule has 3 rings (SSSR count). The van der Waals surface area contributed by atoms with E-state index >= 15 is 0 Å². The van der Waals surface area contributed by atoms with Crippen LogP contribution in [0.15, 0.2) is 0 Å². The van der Waals surface area contributed by atoms with Crippen molar-refractivity contribution in [2.24, 2.45) is 0 Å². The summed E-state index contributed by atoms with van der Waals surface area (Å²) in [5.41, 5.74) is 6.54. The highest BCUT2D eigenvalue weighted by Crippen LogP contribution is 2.28. The minimum atomic E-state index is -0.904. The van der Waals surface area contributed by atoms with Gasteiger partial charge in [0.15, 0.2) is 0 Å². The predicted octanol–water partition coefficient (Wildman–Crippen LogP) is 0.0286. The zero-order valence-corrected chi connectivity index (χ0v) is 14.6. The minimum absolute atomic E-state index is 0.131. The number of aliphatic carboxylic acids is 1. The fourth-order valence-electron chi connectivity index (χ4n) is 3.24. The molecule has 2 aliphatic heterocycles. The topological polar surface area (TPSA) is 117 Å². The highest BCUT2D eigenvalue weighted by atomic mass is 16.5. The summed E-state index contributed by atoms with van der Waals surface area (Å²) in [7, 11) is 2.07. The molecule has 9 nitrogen and oxygen atoms in total. The molecule has 0 bridgehead atoms. The first kappa shape index (κ1) is 17.7. The van der Waals surface area contributed by atoms with Crippen molar-refractivity contribution in [3.05, 3.63) is 5.56 Å². The zero-order chi connectivity index (χ0) is 17.8. The van der Waals surface area contributed by atoms with E-state index in [1.165, 1.54) is 0 Å². The summed E-state index contributed by atoms with van der Waals surface area (Å²) in [6.45, 7) is 4.76. The number of carboxylic acids is 1. The summed E-state index contributed by atoms with van der Waals surface area (Å²) in [4.78, 5) is 24.4. The number of aromatic nitrogens is 2. The first-order valence-electron chi connectivity index (χ1n) is 8.69. The number of piperazine rings is 1. The van der Waals surface area contributed by atoms with Gasteiger partial charge < -0.3 is 30.7 Å². The summed E-state index contributed by atoms with van der Waals surface area (Å²) in [5, 5.41) is 12.7. The molecular weight excluding hydrogens is 324 g/mol. The van der Waals surface area contributed by atoms with E-state index in [9.17, 15) is 9.90 Å². The van der Waals surface area contributed by atoms with Crippen molar-refractivity contribution in [1.82, 2.24) is 14.9 Å². The number of anilines is 3. The van der Waals surface area contributed by atoms with E-state index in [1.54, 1.807) is 0 Å². The maximum atomic E-state index is 11.4. The van der Waals surface area contributed by atoms with Gasteiger partial charge in [0.05, 0.1) is 6.42 Å². The highest BCUT2D eigenvalue weighted by molar-refractivity contribution is 5.77. The Kier molecular flexibility index (Phi) is 5.54. The van der Waals surface area contributed by atoms with Crippen molar-refractivity contribution >= 4 is 23.6 Å². The number of rotatable bonds is 5. The van der Waals surface area contributed by atoms with Gasteiger partial charge in [-0.2, -0.15) is 9.97 Å². The van der Waals surface area contributed by atoms with E-state index < -0.39 is 5.97 Å². The number of carbonyl (C=O) groups is 1. The second-order valence-electron chi connectivity index (χ2n) is 6.62. The fraction of sp³-hybridized carbons (Fsp3) is 0.688. The number of nitrogens with two attached hydrogens (primary N) is 1. The first-order valence-corrected chi connectivity index (χ1v) is 8.69. The lowest BCUT2D eigenvalue weighted by molar-refractivity contribution is -0.136. The Hall–Kier alpha value is -2.13. The third-order valence-electron chi connectivity index (χ3n) is 4.70. The minimum Gasteiger partial charge on any atom is -0.481 e. The van der Waals surface area contributed by atoms with Crippen LogP contribution in [0.5, 0.6) is 0 Å². The maximum Gasteiger partial charge on any atom is 0.308 e. The SMILES string of the molecule is CN1CCN(c2nc(N)nc(NC3CCOCC3)c2CC(=O)O)CC1. The van der Waals surface area contributed by atoms with Crippen LogP contribution in [0.25, 0.3) is 0 Å². The van der Waals surface area contributed by atoms with Gasteiger partial charge in [0.25, 0.3) is 0 Å². The van der Waals surface area contributed by atoms with Crippen LogP contribution >= 0.6 is 0 Å². The molecule has 2 fully saturated rings. The summed E-state index contributed by atoms with van der Waals surface area (Å²) < 4.78 is 5.38. The normalized spacial score (nSPS) is 19.8. The fourth-order valence-corrected chi connectivity index (χ4v) is 3.24. The average molecular weight is 350 g/mol. The number of nitrogens with one attached hydrogen (secondary N) is 1. The first-order chi connectivity index (χ1) is 12.0. The van der Waals surface area contributed by atoms with Crippen LogP contribution in [0.4, 0.5) is 17.6 Å². The molecule has 4 N–H and O–H groups in total. The molecule has 25 heavy (non-hydrogen) atoms. The van der Waals surface area contributed by atoms with Crippen LogP contribution in [0.1, 0.15) is 18.4 Å². The van der Waals surface area contributed by atoms with Gasteiger partial charge in [0, 0.05) is 51.0 Å². The Labute approximate surface area is 147 Å². The van der Waals surface area contributed by atoms with Crippen LogP contribution in [0.3, 0.4) is 0 Å².